The maximum atomic E-state index is 12.8. The summed E-state index contributed by atoms with van der Waals surface area (Å²) in [5.41, 5.74) is 2.07. The van der Waals surface area contributed by atoms with Gasteiger partial charge in [-0.15, -0.1) is 0 Å². The number of ether oxygens (including phenoxy) is 2. The predicted molar refractivity (Wildman–Crippen MR) is 120 cm³/mol. The van der Waals surface area contributed by atoms with Crippen LogP contribution in [0.4, 0.5) is 5.69 Å². The van der Waals surface area contributed by atoms with Crippen molar-refractivity contribution in [1.29, 1.82) is 0 Å². The van der Waals surface area contributed by atoms with Gasteiger partial charge in [-0.2, -0.15) is 0 Å². The van der Waals surface area contributed by atoms with Crippen molar-refractivity contribution >= 4 is 23.4 Å². The van der Waals surface area contributed by atoms with Gasteiger partial charge in [-0.25, -0.2) is 0 Å². The molecule has 0 radical (unpaired) electrons. The molecule has 1 atom stereocenters. The molecule has 3 aliphatic heterocycles. The first-order chi connectivity index (χ1) is 16.1. The Kier molecular flexibility index (Phi) is 5.87. The second-order valence-corrected chi connectivity index (χ2v) is 8.44. The molecule has 2 aromatic carbocycles. The summed E-state index contributed by atoms with van der Waals surface area (Å²) in [6, 6.07) is 12.1. The Morgan fingerprint density at radius 1 is 1.00 bits per heavy atom. The number of nitrogens with zero attached hydrogens (tertiary/aromatic N) is 2. The number of carbonyl (C=O) groups excluding carboxylic acids is 3. The highest BCUT2D eigenvalue weighted by Gasteiger charge is 2.29. The number of nitrogens with one attached hydrogen (secondary N) is 2. The van der Waals surface area contributed by atoms with Crippen LogP contribution in [0.25, 0.3) is 0 Å². The van der Waals surface area contributed by atoms with Crippen LogP contribution in [0.5, 0.6) is 11.5 Å². The van der Waals surface area contributed by atoms with Crippen LogP contribution in [-0.4, -0.2) is 66.5 Å². The van der Waals surface area contributed by atoms with E-state index >= 15 is 0 Å². The fourth-order valence-corrected chi connectivity index (χ4v) is 4.39. The second kappa shape index (κ2) is 9.11. The van der Waals surface area contributed by atoms with E-state index in [1.807, 2.05) is 23.1 Å². The van der Waals surface area contributed by atoms with Crippen LogP contribution < -0.4 is 20.1 Å². The van der Waals surface area contributed by atoms with Gasteiger partial charge in [0, 0.05) is 39.1 Å². The predicted octanol–water partition coefficient (Wildman–Crippen LogP) is 1.59. The molecule has 0 spiro atoms. The third-order valence-corrected chi connectivity index (χ3v) is 6.27. The molecule has 2 aromatic rings. The smallest absolute Gasteiger partial charge is 0.254 e. The lowest BCUT2D eigenvalue weighted by Crippen LogP contribution is -2.49. The molecule has 2 N–H and O–H groups in total. The molecular weight excluding hydrogens is 424 g/mol. The lowest BCUT2D eigenvalue weighted by molar-refractivity contribution is -0.133. The van der Waals surface area contributed by atoms with Gasteiger partial charge < -0.3 is 25.0 Å². The number of carbonyl (C=O) groups is 3. The van der Waals surface area contributed by atoms with Crippen molar-refractivity contribution in [1.82, 2.24) is 15.1 Å². The minimum absolute atomic E-state index is 0.00143. The van der Waals surface area contributed by atoms with Crippen molar-refractivity contribution in [2.24, 2.45) is 0 Å². The quantitative estimate of drug-likeness (QED) is 0.718. The zero-order valence-electron chi connectivity index (χ0n) is 18.2. The molecule has 0 saturated carbocycles. The third kappa shape index (κ3) is 4.63. The number of amides is 3. The molecule has 0 aromatic heterocycles. The summed E-state index contributed by atoms with van der Waals surface area (Å²) in [4.78, 5) is 41.9. The molecule has 0 bridgehead atoms. The first kappa shape index (κ1) is 21.3. The van der Waals surface area contributed by atoms with E-state index in [4.69, 9.17) is 9.47 Å². The van der Waals surface area contributed by atoms with Crippen molar-refractivity contribution in [3.05, 3.63) is 53.6 Å². The van der Waals surface area contributed by atoms with Gasteiger partial charge in [0.05, 0.1) is 11.3 Å². The zero-order valence-corrected chi connectivity index (χ0v) is 18.2. The molecular formula is C24H26N4O5. The molecule has 0 unspecified atom stereocenters. The largest absolute Gasteiger partial charge is 0.454 e. The summed E-state index contributed by atoms with van der Waals surface area (Å²) in [6.45, 7) is 3.87. The number of fused-ring (bicyclic) bond motifs is 2. The molecule has 172 valence electrons. The summed E-state index contributed by atoms with van der Waals surface area (Å²) in [5, 5.41) is 5.53. The van der Waals surface area contributed by atoms with E-state index in [0.717, 1.165) is 36.7 Å². The highest BCUT2D eigenvalue weighted by molar-refractivity contribution is 6.09. The first-order valence-corrected chi connectivity index (χ1v) is 11.2. The minimum atomic E-state index is -0.735. The van der Waals surface area contributed by atoms with Gasteiger partial charge >= 0.3 is 0 Å². The molecule has 33 heavy (non-hydrogen) atoms. The number of piperazine rings is 1. The average molecular weight is 450 g/mol. The van der Waals surface area contributed by atoms with Crippen LogP contribution in [0.2, 0.25) is 0 Å². The van der Waals surface area contributed by atoms with E-state index in [1.54, 1.807) is 24.3 Å². The highest BCUT2D eigenvalue weighted by atomic mass is 16.7. The van der Waals surface area contributed by atoms with Crippen LogP contribution in [0, 0.1) is 0 Å². The normalized spacial score (nSPS) is 20.0. The van der Waals surface area contributed by atoms with E-state index in [0.29, 0.717) is 24.3 Å². The molecule has 0 aliphatic carbocycles. The van der Waals surface area contributed by atoms with Crippen LogP contribution >= 0.6 is 0 Å². The fourth-order valence-electron chi connectivity index (χ4n) is 4.39. The van der Waals surface area contributed by atoms with E-state index in [-0.39, 0.29) is 37.4 Å². The summed E-state index contributed by atoms with van der Waals surface area (Å²) in [5.74, 6) is 0.949. The Morgan fingerprint density at radius 3 is 2.64 bits per heavy atom. The van der Waals surface area contributed by atoms with Gasteiger partial charge in [0.25, 0.3) is 5.91 Å². The van der Waals surface area contributed by atoms with Crippen LogP contribution in [-0.2, 0) is 16.1 Å². The Balaban J connectivity index is 1.10. The molecule has 3 heterocycles. The van der Waals surface area contributed by atoms with Crippen molar-refractivity contribution in [2.75, 3.05) is 38.3 Å². The van der Waals surface area contributed by atoms with Crippen LogP contribution in [0.15, 0.2) is 42.5 Å². The van der Waals surface area contributed by atoms with Gasteiger partial charge in [-0.05, 0) is 36.2 Å². The Morgan fingerprint density at radius 2 is 1.79 bits per heavy atom. The number of benzene rings is 2. The second-order valence-electron chi connectivity index (χ2n) is 8.44. The third-order valence-electron chi connectivity index (χ3n) is 6.27. The van der Waals surface area contributed by atoms with E-state index in [2.05, 4.69) is 15.5 Å². The molecule has 9 heteroatoms. The maximum Gasteiger partial charge on any atom is 0.254 e. The van der Waals surface area contributed by atoms with Gasteiger partial charge in [-0.3, -0.25) is 19.3 Å². The highest BCUT2D eigenvalue weighted by Crippen LogP contribution is 2.32. The molecule has 1 fully saturated rings. The number of rotatable bonds is 5. The topological polar surface area (TPSA) is 100 Å². The number of hydrogen-bond donors (Lipinski definition) is 2. The Labute approximate surface area is 191 Å². The number of anilines is 1. The fraction of sp³-hybridized carbons (Fsp3) is 0.375. The van der Waals surface area contributed by atoms with Gasteiger partial charge in [0.1, 0.15) is 6.04 Å². The molecule has 5 rings (SSSR count). The number of para-hydroxylation sites is 1. The van der Waals surface area contributed by atoms with Crippen LogP contribution in [0.3, 0.4) is 0 Å². The van der Waals surface area contributed by atoms with E-state index in [9.17, 15) is 14.4 Å². The summed E-state index contributed by atoms with van der Waals surface area (Å²) in [7, 11) is 0. The summed E-state index contributed by atoms with van der Waals surface area (Å²) >= 11 is 0. The molecule has 3 aliphatic rings. The van der Waals surface area contributed by atoms with Crippen molar-refractivity contribution in [2.45, 2.75) is 25.4 Å². The van der Waals surface area contributed by atoms with Gasteiger partial charge in [-0.1, -0.05) is 18.2 Å². The van der Waals surface area contributed by atoms with E-state index < -0.39 is 6.04 Å². The lowest BCUT2D eigenvalue weighted by Gasteiger charge is -2.35. The standard InChI is InChI=1S/C24H26N4O5/c29-22(8-6-19-24(31)25-18-4-2-1-3-17(18)23(30)26-19)28-11-9-27(10-12-28)14-16-5-7-20-21(13-16)33-15-32-20/h1-5,7,13,19H,6,8-12,14-15H2,(H,25,31)(H,26,30)/t19-/m1/s1. The molecule has 9 nitrogen and oxygen atoms in total. The molecule has 1 saturated heterocycles. The minimum Gasteiger partial charge on any atom is -0.454 e. The van der Waals surface area contributed by atoms with Crippen molar-refractivity contribution in [3.63, 3.8) is 0 Å². The zero-order chi connectivity index (χ0) is 22.8. The average Bonchev–Trinajstić information content (AvgIpc) is 3.25. The maximum absolute atomic E-state index is 12.8. The van der Waals surface area contributed by atoms with Crippen molar-refractivity contribution < 1.29 is 23.9 Å². The SMILES string of the molecule is O=C1N[C@H](CCC(=O)N2CCN(Cc3ccc4c(c3)OCO4)CC2)C(=O)Nc2ccccc21. The monoisotopic (exact) mass is 450 g/mol. The van der Waals surface area contributed by atoms with Gasteiger partial charge in [0.15, 0.2) is 11.5 Å². The van der Waals surface area contributed by atoms with Gasteiger partial charge in [0.2, 0.25) is 18.6 Å². The van der Waals surface area contributed by atoms with Crippen LogP contribution in [0.1, 0.15) is 28.8 Å². The molecule has 3 amide bonds. The summed E-state index contributed by atoms with van der Waals surface area (Å²) in [6.07, 6.45) is 0.471. The summed E-state index contributed by atoms with van der Waals surface area (Å²) < 4.78 is 10.8. The number of hydrogen-bond acceptors (Lipinski definition) is 6. The van der Waals surface area contributed by atoms with E-state index in [1.165, 1.54) is 0 Å². The Hall–Kier alpha value is -3.59. The lowest BCUT2D eigenvalue weighted by atomic mass is 10.1. The van der Waals surface area contributed by atoms with Crippen molar-refractivity contribution in [3.8, 4) is 11.5 Å². The Bertz CT molecular complexity index is 1080. The first-order valence-electron chi connectivity index (χ1n) is 11.2.